The van der Waals surface area contributed by atoms with Gasteiger partial charge in [0.1, 0.15) is 0 Å². The Morgan fingerprint density at radius 3 is 2.50 bits per heavy atom. The van der Waals surface area contributed by atoms with Crippen LogP contribution in [0.1, 0.15) is 25.7 Å². The van der Waals surface area contributed by atoms with Crippen molar-refractivity contribution in [2.75, 3.05) is 26.7 Å². The average molecular weight is 166 g/mol. The largest absolute Gasteiger partial charge is 0.309 e. The Morgan fingerprint density at radius 1 is 1.17 bits per heavy atom. The maximum Gasteiger partial charge on any atom is 0.0251 e. The van der Waals surface area contributed by atoms with Crippen LogP contribution in [0.5, 0.6) is 0 Å². The summed E-state index contributed by atoms with van der Waals surface area (Å²) in [5.74, 6) is 0. The predicted molar refractivity (Wildman–Crippen MR) is 49.1 cm³/mol. The maximum absolute atomic E-state index is 3.77. The first kappa shape index (κ1) is 7.34. The summed E-state index contributed by atoms with van der Waals surface area (Å²) in [4.78, 5) is 2.51. The molecule has 3 aliphatic rings. The zero-order chi connectivity index (χ0) is 8.23. The summed E-state index contributed by atoms with van der Waals surface area (Å²) in [6, 6.07) is 0. The molecule has 2 aliphatic carbocycles. The highest BCUT2D eigenvalue weighted by Gasteiger charge is 2.65. The standard InChI is InChI=1S/C10H18N2/c1-12-7-6-11-10(4-5-10)9(8-12)2-3-9/h11H,2-8H2,1H3. The third kappa shape index (κ3) is 0.826. The van der Waals surface area contributed by atoms with Crippen LogP contribution in [0, 0.1) is 5.41 Å². The lowest BCUT2D eigenvalue weighted by molar-refractivity contribution is 0.255. The second kappa shape index (κ2) is 2.05. The molecule has 1 N–H and O–H groups in total. The third-order valence-electron chi connectivity index (χ3n) is 4.15. The smallest absolute Gasteiger partial charge is 0.0251 e. The van der Waals surface area contributed by atoms with Gasteiger partial charge in [0.25, 0.3) is 0 Å². The molecule has 1 heterocycles. The molecule has 12 heavy (non-hydrogen) atoms. The fraction of sp³-hybridized carbons (Fsp3) is 1.00. The van der Waals surface area contributed by atoms with Crippen LogP contribution in [0.4, 0.5) is 0 Å². The number of nitrogens with zero attached hydrogens (tertiary/aromatic N) is 1. The molecular weight excluding hydrogens is 148 g/mol. The zero-order valence-electron chi connectivity index (χ0n) is 7.90. The molecule has 0 aromatic carbocycles. The highest BCUT2D eigenvalue weighted by atomic mass is 15.2. The van der Waals surface area contributed by atoms with Crippen molar-refractivity contribution in [2.45, 2.75) is 31.2 Å². The Bertz CT molecular complexity index is 204. The fourth-order valence-electron chi connectivity index (χ4n) is 3.04. The van der Waals surface area contributed by atoms with Crippen LogP contribution in [0.15, 0.2) is 0 Å². The molecule has 2 nitrogen and oxygen atoms in total. The number of hydrogen-bond donors (Lipinski definition) is 1. The van der Waals surface area contributed by atoms with E-state index in [1.165, 1.54) is 45.3 Å². The number of rotatable bonds is 0. The summed E-state index contributed by atoms with van der Waals surface area (Å²) in [7, 11) is 2.27. The molecule has 0 unspecified atom stereocenters. The minimum atomic E-state index is 0.609. The van der Waals surface area contributed by atoms with E-state index < -0.39 is 0 Å². The molecule has 2 spiro atoms. The lowest BCUT2D eigenvalue weighted by Gasteiger charge is -2.26. The van der Waals surface area contributed by atoms with Crippen LogP contribution < -0.4 is 5.32 Å². The molecule has 0 atom stereocenters. The van der Waals surface area contributed by atoms with Crippen molar-refractivity contribution >= 4 is 0 Å². The van der Waals surface area contributed by atoms with Gasteiger partial charge in [-0.3, -0.25) is 0 Å². The Balaban J connectivity index is 1.86. The molecule has 1 saturated heterocycles. The molecule has 0 bridgehead atoms. The van der Waals surface area contributed by atoms with Gasteiger partial charge in [-0.1, -0.05) is 0 Å². The van der Waals surface area contributed by atoms with Gasteiger partial charge in [0, 0.05) is 30.6 Å². The highest BCUT2D eigenvalue weighted by Crippen LogP contribution is 2.64. The zero-order valence-corrected chi connectivity index (χ0v) is 7.90. The fourth-order valence-corrected chi connectivity index (χ4v) is 3.04. The molecule has 3 fully saturated rings. The predicted octanol–water partition coefficient (Wildman–Crippen LogP) is 0.834. The minimum absolute atomic E-state index is 0.609. The van der Waals surface area contributed by atoms with Gasteiger partial charge < -0.3 is 10.2 Å². The molecular formula is C10H18N2. The quantitative estimate of drug-likeness (QED) is 0.573. The Kier molecular flexibility index (Phi) is 1.25. The first-order valence-corrected chi connectivity index (χ1v) is 5.20. The minimum Gasteiger partial charge on any atom is -0.309 e. The Labute approximate surface area is 74.3 Å². The second-order valence-electron chi connectivity index (χ2n) is 5.03. The van der Waals surface area contributed by atoms with Gasteiger partial charge in [-0.15, -0.1) is 0 Å². The van der Waals surface area contributed by atoms with E-state index >= 15 is 0 Å². The normalized spacial score (nSPS) is 36.8. The average Bonchev–Trinajstić information content (AvgIpc) is 2.81. The van der Waals surface area contributed by atoms with E-state index in [1.54, 1.807) is 0 Å². The molecule has 0 radical (unpaired) electrons. The maximum atomic E-state index is 3.77. The van der Waals surface area contributed by atoms with E-state index in [-0.39, 0.29) is 0 Å². The molecule has 1 aliphatic heterocycles. The topological polar surface area (TPSA) is 15.3 Å². The highest BCUT2D eigenvalue weighted by molar-refractivity contribution is 5.22. The Hall–Kier alpha value is -0.0800. The van der Waals surface area contributed by atoms with Crippen LogP contribution in [0.3, 0.4) is 0 Å². The number of fused-ring (bicyclic) bond motifs is 1. The van der Waals surface area contributed by atoms with Crippen molar-refractivity contribution in [2.24, 2.45) is 5.41 Å². The van der Waals surface area contributed by atoms with Crippen LogP contribution in [-0.4, -0.2) is 37.1 Å². The van der Waals surface area contributed by atoms with Gasteiger partial charge in [0.2, 0.25) is 0 Å². The van der Waals surface area contributed by atoms with Gasteiger partial charge in [-0.05, 0) is 32.7 Å². The summed E-state index contributed by atoms with van der Waals surface area (Å²) < 4.78 is 0. The van der Waals surface area contributed by atoms with E-state index in [4.69, 9.17) is 0 Å². The van der Waals surface area contributed by atoms with E-state index in [2.05, 4.69) is 17.3 Å². The van der Waals surface area contributed by atoms with Crippen molar-refractivity contribution in [1.29, 1.82) is 0 Å². The first-order valence-electron chi connectivity index (χ1n) is 5.20. The molecule has 0 amide bonds. The Morgan fingerprint density at radius 2 is 1.92 bits per heavy atom. The lowest BCUT2D eigenvalue weighted by Crippen LogP contribution is -2.40. The van der Waals surface area contributed by atoms with Crippen molar-refractivity contribution in [3.8, 4) is 0 Å². The first-order chi connectivity index (χ1) is 5.77. The van der Waals surface area contributed by atoms with Gasteiger partial charge in [-0.25, -0.2) is 0 Å². The van der Waals surface area contributed by atoms with Crippen LogP contribution in [0.2, 0.25) is 0 Å². The van der Waals surface area contributed by atoms with Gasteiger partial charge >= 0.3 is 0 Å². The lowest BCUT2D eigenvalue weighted by atomic mass is 9.93. The summed E-state index contributed by atoms with van der Waals surface area (Å²) >= 11 is 0. The van der Waals surface area contributed by atoms with Gasteiger partial charge in [0.15, 0.2) is 0 Å². The van der Waals surface area contributed by atoms with Crippen molar-refractivity contribution in [3.05, 3.63) is 0 Å². The van der Waals surface area contributed by atoms with E-state index in [0.717, 1.165) is 0 Å². The van der Waals surface area contributed by atoms with Gasteiger partial charge in [0.05, 0.1) is 0 Å². The van der Waals surface area contributed by atoms with Crippen LogP contribution in [0.25, 0.3) is 0 Å². The third-order valence-corrected chi connectivity index (χ3v) is 4.15. The van der Waals surface area contributed by atoms with Crippen LogP contribution in [-0.2, 0) is 0 Å². The summed E-state index contributed by atoms with van der Waals surface area (Å²) in [6.45, 7) is 3.79. The number of nitrogens with one attached hydrogen (secondary N) is 1. The monoisotopic (exact) mass is 166 g/mol. The molecule has 0 aromatic rings. The van der Waals surface area contributed by atoms with Crippen LogP contribution >= 0.6 is 0 Å². The van der Waals surface area contributed by atoms with Crippen molar-refractivity contribution in [3.63, 3.8) is 0 Å². The SMILES string of the molecule is CN1CCNC2(CC2)C2(CC2)C1. The van der Waals surface area contributed by atoms with Gasteiger partial charge in [-0.2, -0.15) is 0 Å². The summed E-state index contributed by atoms with van der Waals surface area (Å²) in [6.07, 6.45) is 5.84. The molecule has 2 saturated carbocycles. The molecule has 68 valence electrons. The van der Waals surface area contributed by atoms with Crippen molar-refractivity contribution < 1.29 is 0 Å². The second-order valence-corrected chi connectivity index (χ2v) is 5.03. The summed E-state index contributed by atoms with van der Waals surface area (Å²) in [5.41, 5.74) is 1.32. The number of likely N-dealkylation sites (N-methyl/N-ethyl adjacent to an activating group) is 1. The molecule has 0 aromatic heterocycles. The molecule has 3 rings (SSSR count). The number of hydrogen-bond acceptors (Lipinski definition) is 2. The van der Waals surface area contributed by atoms with E-state index in [1.807, 2.05) is 0 Å². The van der Waals surface area contributed by atoms with Crippen molar-refractivity contribution in [1.82, 2.24) is 10.2 Å². The summed E-state index contributed by atoms with van der Waals surface area (Å²) in [5, 5.41) is 3.77. The van der Waals surface area contributed by atoms with E-state index in [0.29, 0.717) is 11.0 Å². The van der Waals surface area contributed by atoms with E-state index in [9.17, 15) is 0 Å². The molecule has 2 heteroatoms.